The van der Waals surface area contributed by atoms with Crippen molar-refractivity contribution in [1.29, 1.82) is 0 Å². The van der Waals surface area contributed by atoms with Gasteiger partial charge in [0.1, 0.15) is 6.61 Å². The fourth-order valence-electron chi connectivity index (χ4n) is 2.30. The zero-order valence-corrected chi connectivity index (χ0v) is 14.6. The first-order valence-corrected chi connectivity index (χ1v) is 7.90. The lowest BCUT2D eigenvalue weighted by Crippen LogP contribution is -2.16. The molecule has 0 aromatic heterocycles. The Balaban J connectivity index is 0.00000192. The Labute approximate surface area is 148 Å². The molecule has 1 aliphatic carbocycles. The Morgan fingerprint density at radius 1 is 1.13 bits per heavy atom. The van der Waals surface area contributed by atoms with E-state index in [0.717, 1.165) is 34.2 Å². The zero-order chi connectivity index (χ0) is 15.4. The van der Waals surface area contributed by atoms with Crippen LogP contribution in [0.1, 0.15) is 24.0 Å². The van der Waals surface area contributed by atoms with E-state index in [1.165, 1.54) is 12.8 Å². The summed E-state index contributed by atoms with van der Waals surface area (Å²) >= 11 is 5.91. The van der Waals surface area contributed by atoms with Crippen LogP contribution in [-0.2, 0) is 13.2 Å². The summed E-state index contributed by atoms with van der Waals surface area (Å²) in [5.41, 5.74) is 2.21. The number of para-hydroxylation sites is 1. The molecule has 23 heavy (non-hydrogen) atoms. The van der Waals surface area contributed by atoms with Crippen molar-refractivity contribution in [3.05, 3.63) is 58.6 Å². The summed E-state index contributed by atoms with van der Waals surface area (Å²) in [5, 5.41) is 4.25. The molecule has 2 aromatic rings. The SMILES string of the molecule is COc1cccc(CNC2CC2)c1OCc1ccc(Cl)cc1.Cl. The third-order valence-corrected chi connectivity index (χ3v) is 3.99. The van der Waals surface area contributed by atoms with E-state index >= 15 is 0 Å². The lowest BCUT2D eigenvalue weighted by atomic mass is 10.1. The van der Waals surface area contributed by atoms with E-state index < -0.39 is 0 Å². The molecule has 1 aliphatic rings. The number of hydrogen-bond donors (Lipinski definition) is 1. The molecule has 0 heterocycles. The van der Waals surface area contributed by atoms with Gasteiger partial charge in [-0.15, -0.1) is 12.4 Å². The molecule has 0 saturated heterocycles. The van der Waals surface area contributed by atoms with E-state index in [0.29, 0.717) is 12.6 Å². The van der Waals surface area contributed by atoms with Crippen LogP contribution in [-0.4, -0.2) is 13.2 Å². The second kappa shape index (κ2) is 8.44. The lowest BCUT2D eigenvalue weighted by Gasteiger charge is -2.15. The van der Waals surface area contributed by atoms with Crippen molar-refractivity contribution in [2.45, 2.75) is 32.0 Å². The fraction of sp³-hybridized carbons (Fsp3) is 0.333. The van der Waals surface area contributed by atoms with Crippen LogP contribution in [0.2, 0.25) is 5.02 Å². The maximum absolute atomic E-state index is 6.03. The third kappa shape index (κ3) is 5.03. The minimum atomic E-state index is 0. The molecular formula is C18H21Cl2NO2. The van der Waals surface area contributed by atoms with Crippen LogP contribution < -0.4 is 14.8 Å². The number of ether oxygens (including phenoxy) is 2. The topological polar surface area (TPSA) is 30.5 Å². The summed E-state index contributed by atoms with van der Waals surface area (Å²) < 4.78 is 11.5. The van der Waals surface area contributed by atoms with Gasteiger partial charge in [0.15, 0.2) is 11.5 Å². The average molecular weight is 354 g/mol. The van der Waals surface area contributed by atoms with Crippen molar-refractivity contribution in [1.82, 2.24) is 5.32 Å². The largest absolute Gasteiger partial charge is 0.493 e. The van der Waals surface area contributed by atoms with Gasteiger partial charge in [0, 0.05) is 23.2 Å². The number of halogens is 2. The Morgan fingerprint density at radius 3 is 2.52 bits per heavy atom. The smallest absolute Gasteiger partial charge is 0.166 e. The minimum absolute atomic E-state index is 0. The van der Waals surface area contributed by atoms with Gasteiger partial charge in [0.25, 0.3) is 0 Å². The van der Waals surface area contributed by atoms with Gasteiger partial charge in [0.05, 0.1) is 7.11 Å². The van der Waals surface area contributed by atoms with Crippen molar-refractivity contribution in [3.8, 4) is 11.5 Å². The molecule has 0 bridgehead atoms. The molecule has 0 radical (unpaired) electrons. The molecule has 1 N–H and O–H groups in total. The summed E-state index contributed by atoms with van der Waals surface area (Å²) in [6.45, 7) is 1.30. The Kier molecular flexibility index (Phi) is 6.58. The van der Waals surface area contributed by atoms with Gasteiger partial charge >= 0.3 is 0 Å². The first kappa shape index (κ1) is 17.9. The molecule has 0 spiro atoms. The molecule has 1 saturated carbocycles. The Hall–Kier alpha value is -1.42. The lowest BCUT2D eigenvalue weighted by molar-refractivity contribution is 0.280. The Bertz CT molecular complexity index is 627. The van der Waals surface area contributed by atoms with Crippen LogP contribution in [0.3, 0.4) is 0 Å². The monoisotopic (exact) mass is 353 g/mol. The van der Waals surface area contributed by atoms with Gasteiger partial charge in [0.2, 0.25) is 0 Å². The van der Waals surface area contributed by atoms with Gasteiger partial charge in [-0.25, -0.2) is 0 Å². The van der Waals surface area contributed by atoms with Crippen LogP contribution in [0.15, 0.2) is 42.5 Å². The second-order valence-corrected chi connectivity index (χ2v) is 5.96. The van der Waals surface area contributed by atoms with Crippen LogP contribution in [0, 0.1) is 0 Å². The predicted molar refractivity (Wildman–Crippen MR) is 95.9 cm³/mol. The molecular weight excluding hydrogens is 333 g/mol. The highest BCUT2D eigenvalue weighted by atomic mass is 35.5. The fourth-order valence-corrected chi connectivity index (χ4v) is 2.43. The highest BCUT2D eigenvalue weighted by Crippen LogP contribution is 2.32. The summed E-state index contributed by atoms with van der Waals surface area (Å²) in [5.74, 6) is 1.58. The Morgan fingerprint density at radius 2 is 1.87 bits per heavy atom. The van der Waals surface area contributed by atoms with Gasteiger partial charge < -0.3 is 14.8 Å². The summed E-state index contributed by atoms with van der Waals surface area (Å²) in [4.78, 5) is 0. The number of methoxy groups -OCH3 is 1. The van der Waals surface area contributed by atoms with Gasteiger partial charge in [-0.3, -0.25) is 0 Å². The average Bonchev–Trinajstić information content (AvgIpc) is 3.37. The molecule has 0 atom stereocenters. The predicted octanol–water partition coefficient (Wildman–Crippen LogP) is 4.60. The van der Waals surface area contributed by atoms with Gasteiger partial charge in [-0.1, -0.05) is 35.9 Å². The van der Waals surface area contributed by atoms with E-state index in [1.54, 1.807) is 7.11 Å². The van der Waals surface area contributed by atoms with Crippen LogP contribution in [0.25, 0.3) is 0 Å². The maximum Gasteiger partial charge on any atom is 0.166 e. The molecule has 124 valence electrons. The van der Waals surface area contributed by atoms with E-state index in [9.17, 15) is 0 Å². The number of nitrogens with one attached hydrogen (secondary N) is 1. The van der Waals surface area contributed by atoms with E-state index in [-0.39, 0.29) is 12.4 Å². The number of benzene rings is 2. The minimum Gasteiger partial charge on any atom is -0.493 e. The standard InChI is InChI=1S/C18H20ClNO2.ClH/c1-21-17-4-2-3-14(11-20-16-9-10-16)18(17)22-12-13-5-7-15(19)8-6-13;/h2-8,16,20H,9-12H2,1H3;1H. The van der Waals surface area contributed by atoms with Gasteiger partial charge in [-0.2, -0.15) is 0 Å². The van der Waals surface area contributed by atoms with Crippen molar-refractivity contribution >= 4 is 24.0 Å². The number of hydrogen-bond acceptors (Lipinski definition) is 3. The second-order valence-electron chi connectivity index (χ2n) is 5.52. The van der Waals surface area contributed by atoms with Crippen molar-refractivity contribution in [2.75, 3.05) is 7.11 Å². The zero-order valence-electron chi connectivity index (χ0n) is 13.0. The van der Waals surface area contributed by atoms with Crippen molar-refractivity contribution < 1.29 is 9.47 Å². The highest BCUT2D eigenvalue weighted by Gasteiger charge is 2.21. The molecule has 5 heteroatoms. The van der Waals surface area contributed by atoms with E-state index in [1.807, 2.05) is 36.4 Å². The third-order valence-electron chi connectivity index (χ3n) is 3.74. The molecule has 0 aliphatic heterocycles. The highest BCUT2D eigenvalue weighted by molar-refractivity contribution is 6.30. The molecule has 2 aromatic carbocycles. The van der Waals surface area contributed by atoms with Crippen LogP contribution in [0.5, 0.6) is 11.5 Å². The molecule has 0 amide bonds. The molecule has 3 nitrogen and oxygen atoms in total. The first-order valence-electron chi connectivity index (χ1n) is 7.53. The first-order chi connectivity index (χ1) is 10.8. The normalized spacial score (nSPS) is 13.3. The van der Waals surface area contributed by atoms with E-state index in [4.69, 9.17) is 21.1 Å². The molecule has 0 unspecified atom stereocenters. The van der Waals surface area contributed by atoms with Crippen molar-refractivity contribution in [2.24, 2.45) is 0 Å². The van der Waals surface area contributed by atoms with Gasteiger partial charge in [-0.05, 0) is 36.6 Å². The summed E-state index contributed by atoms with van der Waals surface area (Å²) in [7, 11) is 1.67. The van der Waals surface area contributed by atoms with Crippen molar-refractivity contribution in [3.63, 3.8) is 0 Å². The van der Waals surface area contributed by atoms with Crippen LogP contribution in [0.4, 0.5) is 0 Å². The maximum atomic E-state index is 6.03. The number of rotatable bonds is 7. The molecule has 3 rings (SSSR count). The van der Waals surface area contributed by atoms with Crippen LogP contribution >= 0.6 is 24.0 Å². The van der Waals surface area contributed by atoms with E-state index in [2.05, 4.69) is 11.4 Å². The molecule has 1 fully saturated rings. The summed E-state index contributed by atoms with van der Waals surface area (Å²) in [6.07, 6.45) is 2.54. The quantitative estimate of drug-likeness (QED) is 0.788. The summed E-state index contributed by atoms with van der Waals surface area (Å²) in [6, 6.07) is 14.4.